The first-order chi connectivity index (χ1) is 4.98. The molecule has 1 atom stereocenters. The minimum atomic E-state index is -2.43. The van der Waals surface area contributed by atoms with Gasteiger partial charge in [0.15, 0.2) is 0 Å². The summed E-state index contributed by atoms with van der Waals surface area (Å²) < 4.78 is 0. The molecule has 0 aromatic rings. The van der Waals surface area contributed by atoms with Crippen molar-refractivity contribution in [1.29, 1.82) is 0 Å². The van der Waals surface area contributed by atoms with E-state index in [0.717, 1.165) is 12.8 Å². The standard InChI is InChI=1S/C7H13Cl3Si/c1-3-4-5-6-7(2)11(8,9)10/h3-4,7H,5-6H2,1-2H3. The number of hydrogen-bond donors (Lipinski definition) is 0. The highest BCUT2D eigenvalue weighted by atomic mass is 35.8. The molecule has 0 aliphatic carbocycles. The maximum Gasteiger partial charge on any atom is 0.344 e. The number of hydrogen-bond acceptors (Lipinski definition) is 0. The van der Waals surface area contributed by atoms with Gasteiger partial charge in [0.2, 0.25) is 0 Å². The molecule has 0 nitrogen and oxygen atoms in total. The van der Waals surface area contributed by atoms with E-state index in [1.54, 1.807) is 0 Å². The lowest BCUT2D eigenvalue weighted by Gasteiger charge is -2.15. The Morgan fingerprint density at radius 3 is 2.27 bits per heavy atom. The summed E-state index contributed by atoms with van der Waals surface area (Å²) in [5, 5.41) is 0. The summed E-state index contributed by atoms with van der Waals surface area (Å²) in [7, 11) is 0. The third-order valence-electron chi connectivity index (χ3n) is 1.56. The third-order valence-corrected chi connectivity index (χ3v) is 6.32. The van der Waals surface area contributed by atoms with Crippen molar-refractivity contribution in [2.45, 2.75) is 32.2 Å². The summed E-state index contributed by atoms with van der Waals surface area (Å²) in [4.78, 5) is 0. The van der Waals surface area contributed by atoms with Crippen LogP contribution >= 0.6 is 33.2 Å². The first kappa shape index (κ1) is 11.8. The molecule has 0 aliphatic heterocycles. The van der Waals surface area contributed by atoms with Crippen molar-refractivity contribution in [2.24, 2.45) is 0 Å². The van der Waals surface area contributed by atoms with Crippen LogP contribution in [-0.2, 0) is 0 Å². The molecule has 0 heterocycles. The van der Waals surface area contributed by atoms with E-state index in [-0.39, 0.29) is 5.54 Å². The molecule has 0 amide bonds. The molecule has 0 spiro atoms. The first-order valence-corrected chi connectivity index (χ1v) is 8.77. The third kappa shape index (κ3) is 6.03. The van der Waals surface area contributed by atoms with E-state index in [1.807, 2.05) is 19.9 Å². The average molecular weight is 232 g/mol. The van der Waals surface area contributed by atoms with Gasteiger partial charge >= 0.3 is 6.00 Å². The van der Waals surface area contributed by atoms with E-state index in [2.05, 4.69) is 6.08 Å². The van der Waals surface area contributed by atoms with Gasteiger partial charge in [-0.05, 0) is 25.3 Å². The molecular weight excluding hydrogens is 219 g/mol. The molecule has 0 N–H and O–H groups in total. The molecule has 0 aliphatic rings. The van der Waals surface area contributed by atoms with Crippen molar-refractivity contribution in [3.05, 3.63) is 12.2 Å². The number of halogens is 3. The van der Waals surface area contributed by atoms with Crippen LogP contribution < -0.4 is 0 Å². The maximum atomic E-state index is 5.81. The van der Waals surface area contributed by atoms with Crippen molar-refractivity contribution < 1.29 is 0 Å². The van der Waals surface area contributed by atoms with E-state index in [4.69, 9.17) is 33.2 Å². The molecule has 66 valence electrons. The van der Waals surface area contributed by atoms with E-state index in [0.29, 0.717) is 0 Å². The summed E-state index contributed by atoms with van der Waals surface area (Å²) in [6, 6.07) is -2.43. The molecule has 0 aromatic heterocycles. The molecule has 4 heteroatoms. The second-order valence-corrected chi connectivity index (χ2v) is 11.8. The second-order valence-electron chi connectivity index (χ2n) is 2.59. The Hall–Kier alpha value is 0.827. The van der Waals surface area contributed by atoms with Gasteiger partial charge in [0.1, 0.15) is 0 Å². The molecule has 1 unspecified atom stereocenters. The maximum absolute atomic E-state index is 5.81. The second kappa shape index (κ2) is 5.47. The fraction of sp³-hybridized carbons (Fsp3) is 0.714. The number of rotatable bonds is 4. The summed E-state index contributed by atoms with van der Waals surface area (Å²) in [5.41, 5.74) is 0.253. The van der Waals surface area contributed by atoms with Gasteiger partial charge in [0.25, 0.3) is 0 Å². The Bertz CT molecular complexity index is 128. The molecule has 0 bridgehead atoms. The van der Waals surface area contributed by atoms with Gasteiger partial charge in [-0.3, -0.25) is 0 Å². The van der Waals surface area contributed by atoms with Gasteiger partial charge < -0.3 is 0 Å². The van der Waals surface area contributed by atoms with Crippen LogP contribution in [0.1, 0.15) is 26.7 Å². The van der Waals surface area contributed by atoms with Crippen molar-refractivity contribution in [2.75, 3.05) is 0 Å². The zero-order chi connectivity index (χ0) is 8.91. The molecule has 11 heavy (non-hydrogen) atoms. The summed E-state index contributed by atoms with van der Waals surface area (Å²) in [6.45, 7) is 4.00. The Morgan fingerprint density at radius 1 is 1.36 bits per heavy atom. The Balaban J connectivity index is 3.61. The quantitative estimate of drug-likeness (QED) is 0.382. The largest absolute Gasteiger partial charge is 0.344 e. The van der Waals surface area contributed by atoms with Gasteiger partial charge in [-0.25, -0.2) is 0 Å². The van der Waals surface area contributed by atoms with Gasteiger partial charge in [0.05, 0.1) is 0 Å². The van der Waals surface area contributed by atoms with Crippen LogP contribution in [-0.4, -0.2) is 6.00 Å². The average Bonchev–Trinajstić information content (AvgIpc) is 1.86. The van der Waals surface area contributed by atoms with Crippen molar-refractivity contribution in [1.82, 2.24) is 0 Å². The Labute approximate surface area is 83.6 Å². The molecule has 0 radical (unpaired) electrons. The van der Waals surface area contributed by atoms with Crippen molar-refractivity contribution in [3.8, 4) is 0 Å². The van der Waals surface area contributed by atoms with Gasteiger partial charge in [0, 0.05) is 0 Å². The predicted molar refractivity (Wildman–Crippen MR) is 56.8 cm³/mol. The van der Waals surface area contributed by atoms with E-state index >= 15 is 0 Å². The summed E-state index contributed by atoms with van der Waals surface area (Å²) in [6.07, 6.45) is 6.11. The topological polar surface area (TPSA) is 0 Å². The van der Waals surface area contributed by atoms with Crippen LogP contribution in [0.5, 0.6) is 0 Å². The van der Waals surface area contributed by atoms with Crippen LogP contribution in [0, 0.1) is 0 Å². The van der Waals surface area contributed by atoms with E-state index in [1.165, 1.54) is 0 Å². The molecule has 0 rings (SSSR count). The summed E-state index contributed by atoms with van der Waals surface area (Å²) >= 11 is 17.4. The van der Waals surface area contributed by atoms with Gasteiger partial charge in [-0.2, -0.15) is 0 Å². The van der Waals surface area contributed by atoms with Crippen LogP contribution in [0.25, 0.3) is 0 Å². The zero-order valence-corrected chi connectivity index (χ0v) is 10.0. The Kier molecular flexibility index (Phi) is 5.88. The molecule has 0 saturated carbocycles. The minimum Gasteiger partial charge on any atom is -0.126 e. The fourth-order valence-electron chi connectivity index (χ4n) is 0.677. The normalized spacial score (nSPS) is 15.7. The molecular formula is C7H13Cl3Si. The zero-order valence-electron chi connectivity index (χ0n) is 6.78. The molecule has 0 saturated heterocycles. The van der Waals surface area contributed by atoms with Crippen molar-refractivity contribution >= 4 is 39.2 Å². The predicted octanol–water partition coefficient (Wildman–Crippen LogP) is 4.39. The minimum absolute atomic E-state index is 0.253. The lowest BCUT2D eigenvalue weighted by molar-refractivity contribution is 0.802. The SMILES string of the molecule is CC=CCCC(C)[Si](Cl)(Cl)Cl. The lowest BCUT2D eigenvalue weighted by Crippen LogP contribution is -2.16. The van der Waals surface area contributed by atoms with Gasteiger partial charge in [-0.1, -0.05) is 19.1 Å². The smallest absolute Gasteiger partial charge is 0.126 e. The monoisotopic (exact) mass is 230 g/mol. The fourth-order valence-corrected chi connectivity index (χ4v) is 2.15. The van der Waals surface area contributed by atoms with Crippen LogP contribution in [0.2, 0.25) is 5.54 Å². The van der Waals surface area contributed by atoms with E-state index in [9.17, 15) is 0 Å². The first-order valence-electron chi connectivity index (χ1n) is 3.66. The van der Waals surface area contributed by atoms with Crippen LogP contribution in [0.4, 0.5) is 0 Å². The highest BCUT2D eigenvalue weighted by Gasteiger charge is 2.32. The summed E-state index contributed by atoms with van der Waals surface area (Å²) in [5.74, 6) is 0. The van der Waals surface area contributed by atoms with E-state index < -0.39 is 6.00 Å². The Morgan fingerprint density at radius 2 is 1.91 bits per heavy atom. The highest BCUT2D eigenvalue weighted by Crippen LogP contribution is 2.36. The highest BCUT2D eigenvalue weighted by molar-refractivity contribution is 7.65. The van der Waals surface area contributed by atoms with Crippen LogP contribution in [0.15, 0.2) is 12.2 Å². The number of allylic oxidation sites excluding steroid dienone is 2. The van der Waals surface area contributed by atoms with Crippen molar-refractivity contribution in [3.63, 3.8) is 0 Å². The van der Waals surface area contributed by atoms with Gasteiger partial charge in [-0.15, -0.1) is 33.2 Å². The lowest BCUT2D eigenvalue weighted by atomic mass is 10.2. The van der Waals surface area contributed by atoms with Crippen LogP contribution in [0.3, 0.4) is 0 Å². The molecule has 0 aromatic carbocycles. The molecule has 0 fully saturated rings.